The van der Waals surface area contributed by atoms with Crippen LogP contribution in [0.25, 0.3) is 10.8 Å². The van der Waals surface area contributed by atoms with E-state index in [-0.39, 0.29) is 0 Å². The second-order valence-corrected chi connectivity index (χ2v) is 6.26. The van der Waals surface area contributed by atoms with Gasteiger partial charge in [0.1, 0.15) is 0 Å². The van der Waals surface area contributed by atoms with E-state index in [1.165, 1.54) is 10.8 Å². The Morgan fingerprint density at radius 2 is 1.38 bits per heavy atom. The Labute approximate surface area is 152 Å². The van der Waals surface area contributed by atoms with Crippen LogP contribution in [0.1, 0.15) is 5.56 Å². The Bertz CT molecular complexity index is 1110. The van der Waals surface area contributed by atoms with Crippen LogP contribution in [0.2, 0.25) is 0 Å². The number of hydrazone groups is 1. The number of fused-ring (bicyclic) bond motifs is 2. The highest BCUT2D eigenvalue weighted by atomic mass is 15.5. The first kappa shape index (κ1) is 14.7. The average Bonchev–Trinajstić information content (AvgIpc) is 2.73. The molecule has 0 bridgehead atoms. The SMILES string of the molecule is c1ccc(N2N=C(c3cccc4ccccc34)Nc3ccccc32)cc1. The van der Waals surface area contributed by atoms with Gasteiger partial charge in [0.15, 0.2) is 5.84 Å². The second kappa shape index (κ2) is 6.05. The van der Waals surface area contributed by atoms with E-state index in [2.05, 4.69) is 72.0 Å². The maximum atomic E-state index is 4.95. The van der Waals surface area contributed by atoms with Gasteiger partial charge < -0.3 is 5.32 Å². The Kier molecular flexibility index (Phi) is 3.42. The van der Waals surface area contributed by atoms with E-state index < -0.39 is 0 Å². The van der Waals surface area contributed by atoms with Crippen molar-refractivity contribution in [2.75, 3.05) is 10.3 Å². The molecule has 1 heterocycles. The maximum absolute atomic E-state index is 4.95. The highest BCUT2D eigenvalue weighted by Crippen LogP contribution is 2.36. The molecule has 3 nitrogen and oxygen atoms in total. The Morgan fingerprint density at radius 1 is 0.654 bits per heavy atom. The maximum Gasteiger partial charge on any atom is 0.159 e. The number of anilines is 3. The van der Waals surface area contributed by atoms with Crippen molar-refractivity contribution in [3.8, 4) is 0 Å². The van der Waals surface area contributed by atoms with Crippen LogP contribution in [-0.2, 0) is 0 Å². The number of hydrogen-bond donors (Lipinski definition) is 1. The fourth-order valence-electron chi connectivity index (χ4n) is 3.39. The first-order valence-corrected chi connectivity index (χ1v) is 8.68. The van der Waals surface area contributed by atoms with Gasteiger partial charge in [0.05, 0.1) is 17.1 Å². The number of hydrogen-bond acceptors (Lipinski definition) is 3. The van der Waals surface area contributed by atoms with E-state index >= 15 is 0 Å². The molecular formula is C23H17N3. The van der Waals surface area contributed by atoms with Crippen LogP contribution in [-0.4, -0.2) is 5.84 Å². The summed E-state index contributed by atoms with van der Waals surface area (Å²) in [7, 11) is 0. The zero-order chi connectivity index (χ0) is 17.3. The number of para-hydroxylation sites is 3. The molecule has 124 valence electrons. The quantitative estimate of drug-likeness (QED) is 0.504. The van der Waals surface area contributed by atoms with Gasteiger partial charge >= 0.3 is 0 Å². The van der Waals surface area contributed by atoms with Crippen LogP contribution in [0.5, 0.6) is 0 Å². The molecule has 0 saturated heterocycles. The number of benzene rings is 4. The lowest BCUT2D eigenvalue weighted by Gasteiger charge is -2.29. The molecule has 0 aliphatic carbocycles. The van der Waals surface area contributed by atoms with Gasteiger partial charge in [0.25, 0.3) is 0 Å². The summed E-state index contributed by atoms with van der Waals surface area (Å²) in [4.78, 5) is 0. The molecular weight excluding hydrogens is 318 g/mol. The van der Waals surface area contributed by atoms with E-state index in [1.54, 1.807) is 0 Å². The molecule has 0 radical (unpaired) electrons. The molecule has 0 atom stereocenters. The van der Waals surface area contributed by atoms with Crippen LogP contribution in [0.3, 0.4) is 0 Å². The second-order valence-electron chi connectivity index (χ2n) is 6.26. The third-order valence-corrected chi connectivity index (χ3v) is 4.63. The monoisotopic (exact) mass is 335 g/mol. The third-order valence-electron chi connectivity index (χ3n) is 4.63. The molecule has 3 heteroatoms. The van der Waals surface area contributed by atoms with Crippen LogP contribution in [0.4, 0.5) is 17.1 Å². The van der Waals surface area contributed by atoms with Crippen LogP contribution in [0, 0.1) is 0 Å². The zero-order valence-corrected chi connectivity index (χ0v) is 14.1. The lowest BCUT2D eigenvalue weighted by molar-refractivity contribution is 1.07. The smallest absolute Gasteiger partial charge is 0.159 e. The predicted octanol–water partition coefficient (Wildman–Crippen LogP) is 5.77. The lowest BCUT2D eigenvalue weighted by atomic mass is 10.0. The molecule has 0 saturated carbocycles. The molecule has 0 fully saturated rings. The zero-order valence-electron chi connectivity index (χ0n) is 14.1. The predicted molar refractivity (Wildman–Crippen MR) is 109 cm³/mol. The minimum atomic E-state index is 0.851. The van der Waals surface area contributed by atoms with Crippen molar-refractivity contribution < 1.29 is 0 Å². The number of rotatable bonds is 2. The fraction of sp³-hybridized carbons (Fsp3) is 0. The van der Waals surface area contributed by atoms with Crippen molar-refractivity contribution in [1.29, 1.82) is 0 Å². The van der Waals surface area contributed by atoms with E-state index in [0.717, 1.165) is 28.5 Å². The van der Waals surface area contributed by atoms with Crippen molar-refractivity contribution in [3.05, 3.63) is 103 Å². The van der Waals surface area contributed by atoms with Crippen molar-refractivity contribution in [2.24, 2.45) is 5.10 Å². The van der Waals surface area contributed by atoms with E-state index in [9.17, 15) is 0 Å². The summed E-state index contributed by atoms with van der Waals surface area (Å²) in [5, 5.41) is 12.9. The van der Waals surface area contributed by atoms with Crippen molar-refractivity contribution >= 4 is 33.7 Å². The van der Waals surface area contributed by atoms with Crippen molar-refractivity contribution in [2.45, 2.75) is 0 Å². The molecule has 0 spiro atoms. The highest BCUT2D eigenvalue weighted by Gasteiger charge is 2.21. The molecule has 1 aliphatic heterocycles. The Morgan fingerprint density at radius 3 is 2.31 bits per heavy atom. The van der Waals surface area contributed by atoms with Gasteiger partial charge in [-0.3, -0.25) is 0 Å². The van der Waals surface area contributed by atoms with E-state index in [4.69, 9.17) is 5.10 Å². The Hall–Kier alpha value is -3.59. The van der Waals surface area contributed by atoms with Gasteiger partial charge in [-0.05, 0) is 35.0 Å². The third kappa shape index (κ3) is 2.42. The summed E-state index contributed by atoms with van der Waals surface area (Å²) < 4.78 is 0. The fourth-order valence-corrected chi connectivity index (χ4v) is 3.39. The summed E-state index contributed by atoms with van der Waals surface area (Å²) in [5.74, 6) is 0.851. The Balaban J connectivity index is 1.71. The first-order valence-electron chi connectivity index (χ1n) is 8.68. The molecule has 0 amide bonds. The van der Waals surface area contributed by atoms with Crippen molar-refractivity contribution in [1.82, 2.24) is 0 Å². The molecule has 4 aromatic rings. The number of amidine groups is 1. The summed E-state index contributed by atoms with van der Waals surface area (Å²) in [5.41, 5.74) is 4.23. The van der Waals surface area contributed by atoms with Gasteiger partial charge in [-0.2, -0.15) is 0 Å². The largest absolute Gasteiger partial charge is 0.336 e. The van der Waals surface area contributed by atoms with Gasteiger partial charge in [-0.15, -0.1) is 5.10 Å². The molecule has 26 heavy (non-hydrogen) atoms. The summed E-state index contributed by atoms with van der Waals surface area (Å²) in [6, 6.07) is 33.2. The molecule has 4 aromatic carbocycles. The van der Waals surface area contributed by atoms with Gasteiger partial charge in [-0.1, -0.05) is 72.8 Å². The standard InChI is InChI=1S/C23H17N3/c1-2-11-18(12-3-1)26-22-16-7-6-15-21(22)24-23(25-26)20-14-8-10-17-9-4-5-13-19(17)20/h1-16H,(H,24,25). The average molecular weight is 335 g/mol. The van der Waals surface area contributed by atoms with Gasteiger partial charge in [-0.25, -0.2) is 5.01 Å². The summed E-state index contributed by atoms with van der Waals surface area (Å²) in [6.45, 7) is 0. The van der Waals surface area contributed by atoms with Crippen molar-refractivity contribution in [3.63, 3.8) is 0 Å². The van der Waals surface area contributed by atoms with Gasteiger partial charge in [0, 0.05) is 5.56 Å². The molecule has 5 rings (SSSR count). The topological polar surface area (TPSA) is 27.6 Å². The van der Waals surface area contributed by atoms with E-state index in [1.807, 2.05) is 35.3 Å². The first-order chi connectivity index (χ1) is 12.9. The molecule has 1 N–H and O–H groups in total. The summed E-state index contributed by atoms with van der Waals surface area (Å²) in [6.07, 6.45) is 0. The normalized spacial score (nSPS) is 13.1. The molecule has 0 aromatic heterocycles. The highest BCUT2D eigenvalue weighted by molar-refractivity contribution is 6.18. The van der Waals surface area contributed by atoms with Crippen LogP contribution < -0.4 is 10.3 Å². The molecule has 1 aliphatic rings. The van der Waals surface area contributed by atoms with Gasteiger partial charge in [0.2, 0.25) is 0 Å². The number of nitrogens with one attached hydrogen (secondary N) is 1. The summed E-state index contributed by atoms with van der Waals surface area (Å²) >= 11 is 0. The lowest BCUT2D eigenvalue weighted by Crippen LogP contribution is -2.26. The van der Waals surface area contributed by atoms with E-state index in [0.29, 0.717) is 0 Å². The van der Waals surface area contributed by atoms with Crippen LogP contribution >= 0.6 is 0 Å². The minimum Gasteiger partial charge on any atom is -0.336 e. The minimum absolute atomic E-state index is 0.851. The molecule has 0 unspecified atom stereocenters. The van der Waals surface area contributed by atoms with Crippen LogP contribution in [0.15, 0.2) is 102 Å². The number of nitrogens with zero attached hydrogens (tertiary/aromatic N) is 2.